The van der Waals surface area contributed by atoms with Crippen molar-refractivity contribution in [3.8, 4) is 5.88 Å². The minimum Gasteiger partial charge on any atom is -0.480 e. The van der Waals surface area contributed by atoms with E-state index in [4.69, 9.17) is 14.3 Å². The molecule has 0 saturated heterocycles. The minimum absolute atomic E-state index is 0.105. The van der Waals surface area contributed by atoms with Gasteiger partial charge in [-0.25, -0.2) is 0 Å². The number of nitrogens with zero attached hydrogens (tertiary/aromatic N) is 2. The molecule has 21 heavy (non-hydrogen) atoms. The van der Waals surface area contributed by atoms with Gasteiger partial charge in [0.05, 0.1) is 18.9 Å². The first-order valence-corrected chi connectivity index (χ1v) is 10.0. The summed E-state index contributed by atoms with van der Waals surface area (Å²) >= 11 is 0. The summed E-state index contributed by atoms with van der Waals surface area (Å²) in [5, 5.41) is 13.2. The van der Waals surface area contributed by atoms with Crippen LogP contribution in [0.4, 0.5) is 0 Å². The Morgan fingerprint density at radius 2 is 2.05 bits per heavy atom. The molecule has 0 fully saturated rings. The zero-order valence-corrected chi connectivity index (χ0v) is 14.8. The second kappa shape index (κ2) is 6.61. The summed E-state index contributed by atoms with van der Waals surface area (Å²) in [6, 6.07) is 1.75. The molecule has 0 saturated carbocycles. The molecule has 1 N–H and O–H groups in total. The number of aliphatic carboxylic acids is 1. The second-order valence-electron chi connectivity index (χ2n) is 6.51. The van der Waals surface area contributed by atoms with Crippen molar-refractivity contribution in [3.05, 3.63) is 11.8 Å². The van der Waals surface area contributed by atoms with Gasteiger partial charge >= 0.3 is 5.97 Å². The predicted octanol–water partition coefficient (Wildman–Crippen LogP) is 2.89. The maximum absolute atomic E-state index is 10.9. The van der Waals surface area contributed by atoms with Gasteiger partial charge in [-0.3, -0.25) is 9.48 Å². The predicted molar refractivity (Wildman–Crippen MR) is 83.0 cm³/mol. The van der Waals surface area contributed by atoms with Gasteiger partial charge in [-0.15, -0.1) is 5.10 Å². The van der Waals surface area contributed by atoms with Crippen molar-refractivity contribution >= 4 is 14.3 Å². The van der Waals surface area contributed by atoms with Crippen molar-refractivity contribution in [3.63, 3.8) is 0 Å². The molecule has 1 heterocycles. The smallest absolute Gasteiger partial charge is 0.325 e. The molecule has 0 unspecified atom stereocenters. The Hall–Kier alpha value is -1.34. The molecule has 0 spiro atoms. The van der Waals surface area contributed by atoms with Gasteiger partial charge in [0.25, 0.3) is 0 Å². The average molecular weight is 314 g/mol. The number of aromatic nitrogens is 2. The van der Waals surface area contributed by atoms with E-state index < -0.39 is 14.3 Å². The van der Waals surface area contributed by atoms with E-state index in [-0.39, 0.29) is 11.6 Å². The Morgan fingerprint density at radius 1 is 1.43 bits per heavy atom. The highest BCUT2D eigenvalue weighted by Crippen LogP contribution is 2.37. The molecule has 7 heteroatoms. The number of carbonyl (C=O) groups is 1. The van der Waals surface area contributed by atoms with Crippen LogP contribution < -0.4 is 4.74 Å². The minimum atomic E-state index is -1.89. The summed E-state index contributed by atoms with van der Waals surface area (Å²) in [6.45, 7) is 13.3. The number of carboxylic acids is 1. The highest BCUT2D eigenvalue weighted by Gasteiger charge is 2.37. The summed E-state index contributed by atoms with van der Waals surface area (Å²) in [6.07, 6.45) is 0. The van der Waals surface area contributed by atoms with Gasteiger partial charge in [0.15, 0.2) is 8.32 Å². The van der Waals surface area contributed by atoms with E-state index >= 15 is 0 Å². The molecule has 1 aromatic heterocycles. The van der Waals surface area contributed by atoms with E-state index in [1.54, 1.807) is 6.07 Å². The third-order valence-electron chi connectivity index (χ3n) is 3.81. The quantitative estimate of drug-likeness (QED) is 0.783. The van der Waals surface area contributed by atoms with E-state index in [9.17, 15) is 4.79 Å². The molecule has 120 valence electrons. The number of hydrogen-bond donors (Lipinski definition) is 1. The van der Waals surface area contributed by atoms with Crippen LogP contribution in [0.3, 0.4) is 0 Å². The van der Waals surface area contributed by atoms with Crippen molar-refractivity contribution < 1.29 is 19.1 Å². The first-order chi connectivity index (χ1) is 9.56. The van der Waals surface area contributed by atoms with Crippen molar-refractivity contribution in [2.75, 3.05) is 6.61 Å². The van der Waals surface area contributed by atoms with Gasteiger partial charge in [0, 0.05) is 6.07 Å². The Morgan fingerprint density at radius 3 is 2.52 bits per heavy atom. The fraction of sp³-hybridized carbons (Fsp3) is 0.714. The van der Waals surface area contributed by atoms with Gasteiger partial charge in [0.2, 0.25) is 5.88 Å². The third-order valence-corrected chi connectivity index (χ3v) is 8.28. The van der Waals surface area contributed by atoms with Crippen molar-refractivity contribution in [1.29, 1.82) is 0 Å². The van der Waals surface area contributed by atoms with Crippen LogP contribution in [0.2, 0.25) is 18.1 Å². The molecule has 0 aromatic carbocycles. The molecule has 0 amide bonds. The number of carboxylic acid groups (broad SMARTS) is 1. The van der Waals surface area contributed by atoms with Crippen LogP contribution >= 0.6 is 0 Å². The van der Waals surface area contributed by atoms with E-state index in [0.29, 0.717) is 19.1 Å². The van der Waals surface area contributed by atoms with Crippen LogP contribution in [0, 0.1) is 0 Å². The van der Waals surface area contributed by atoms with Crippen LogP contribution in [0.25, 0.3) is 0 Å². The molecule has 6 nitrogen and oxygen atoms in total. The van der Waals surface area contributed by atoms with Crippen LogP contribution in [-0.2, 0) is 22.4 Å². The number of rotatable bonds is 7. The van der Waals surface area contributed by atoms with Crippen molar-refractivity contribution in [2.24, 2.45) is 0 Å². The number of hydrogen-bond acceptors (Lipinski definition) is 4. The normalized spacial score (nSPS) is 12.5. The zero-order valence-electron chi connectivity index (χ0n) is 13.8. The number of ether oxygens (including phenoxy) is 1. The lowest BCUT2D eigenvalue weighted by atomic mass is 10.2. The molecule has 0 aliphatic heterocycles. The molecule has 0 atom stereocenters. The monoisotopic (exact) mass is 314 g/mol. The van der Waals surface area contributed by atoms with Gasteiger partial charge in [-0.05, 0) is 25.1 Å². The lowest BCUT2D eigenvalue weighted by molar-refractivity contribution is -0.137. The Labute approximate surface area is 127 Å². The first-order valence-electron chi connectivity index (χ1n) is 7.12. The Bertz CT molecular complexity index is 492. The Kier molecular flexibility index (Phi) is 5.58. The van der Waals surface area contributed by atoms with E-state index in [0.717, 1.165) is 5.69 Å². The molecule has 0 radical (unpaired) electrons. The zero-order chi connectivity index (χ0) is 16.3. The summed E-state index contributed by atoms with van der Waals surface area (Å²) in [5.41, 5.74) is 0.727. The van der Waals surface area contributed by atoms with Gasteiger partial charge < -0.3 is 14.3 Å². The van der Waals surface area contributed by atoms with Gasteiger partial charge in [-0.1, -0.05) is 20.8 Å². The van der Waals surface area contributed by atoms with E-state index in [1.807, 2.05) is 6.92 Å². The SMILES string of the molecule is CCOc1cc(CO[Si](C)(C)C(C)(C)C)n(CC(=O)O)n1. The lowest BCUT2D eigenvalue weighted by Crippen LogP contribution is -2.40. The van der Waals surface area contributed by atoms with Crippen molar-refractivity contribution in [1.82, 2.24) is 9.78 Å². The van der Waals surface area contributed by atoms with E-state index in [2.05, 4.69) is 39.0 Å². The third kappa shape index (κ3) is 4.85. The summed E-state index contributed by atoms with van der Waals surface area (Å²) in [5.74, 6) is -0.498. The Balaban J connectivity index is 2.88. The van der Waals surface area contributed by atoms with Crippen LogP contribution in [-0.4, -0.2) is 35.8 Å². The average Bonchev–Trinajstić information content (AvgIpc) is 2.67. The maximum atomic E-state index is 10.9. The lowest BCUT2D eigenvalue weighted by Gasteiger charge is -2.36. The fourth-order valence-electron chi connectivity index (χ4n) is 1.50. The molecule has 0 aliphatic carbocycles. The van der Waals surface area contributed by atoms with Gasteiger partial charge in [0.1, 0.15) is 6.54 Å². The highest BCUT2D eigenvalue weighted by atomic mass is 28.4. The van der Waals surface area contributed by atoms with Crippen LogP contribution in [0.5, 0.6) is 5.88 Å². The molecular formula is C14H26N2O4Si. The molecule has 0 aliphatic rings. The highest BCUT2D eigenvalue weighted by molar-refractivity contribution is 6.74. The summed E-state index contributed by atoms with van der Waals surface area (Å²) in [4.78, 5) is 10.9. The van der Waals surface area contributed by atoms with Crippen LogP contribution in [0.15, 0.2) is 6.07 Å². The molecule has 0 bridgehead atoms. The molecule has 1 aromatic rings. The molecular weight excluding hydrogens is 288 g/mol. The second-order valence-corrected chi connectivity index (χ2v) is 11.3. The summed E-state index contributed by atoms with van der Waals surface area (Å²) in [7, 11) is -1.89. The van der Waals surface area contributed by atoms with Crippen LogP contribution in [0.1, 0.15) is 33.4 Å². The summed E-state index contributed by atoms with van der Waals surface area (Å²) < 4.78 is 12.9. The molecule has 1 rings (SSSR count). The topological polar surface area (TPSA) is 73.6 Å². The fourth-order valence-corrected chi connectivity index (χ4v) is 2.44. The standard InChI is InChI=1S/C14H26N2O4Si/c1-7-19-12-8-11(16(15-12)9-13(17)18)10-20-21(5,6)14(2,3)4/h8H,7,9-10H2,1-6H3,(H,17,18). The first kappa shape index (κ1) is 17.7. The largest absolute Gasteiger partial charge is 0.480 e. The van der Waals surface area contributed by atoms with Gasteiger partial charge in [-0.2, -0.15) is 0 Å². The van der Waals surface area contributed by atoms with E-state index in [1.165, 1.54) is 4.68 Å². The van der Waals surface area contributed by atoms with Crippen molar-refractivity contribution in [2.45, 2.75) is 59.0 Å². The maximum Gasteiger partial charge on any atom is 0.325 e.